The predicted octanol–water partition coefficient (Wildman–Crippen LogP) is 1.77. The van der Waals surface area contributed by atoms with Crippen LogP contribution in [0.5, 0.6) is 0 Å². The van der Waals surface area contributed by atoms with Crippen molar-refractivity contribution in [2.75, 3.05) is 25.0 Å². The van der Waals surface area contributed by atoms with E-state index in [0.29, 0.717) is 12.2 Å². The molecule has 0 radical (unpaired) electrons. The average molecular weight is 349 g/mol. The SMILES string of the molecule is Cc1nc(N2CCC(N(C)C(=O)CC#N)C2)c2c(cnc3nccc32)[nH]1. The van der Waals surface area contributed by atoms with Gasteiger partial charge in [-0.05, 0) is 19.4 Å². The molecular formula is C18H19N7O. The molecule has 4 heterocycles. The van der Waals surface area contributed by atoms with Crippen LogP contribution in [0.1, 0.15) is 18.7 Å². The summed E-state index contributed by atoms with van der Waals surface area (Å²) in [5.41, 5.74) is 1.63. The summed E-state index contributed by atoms with van der Waals surface area (Å²) in [5.74, 6) is 1.56. The largest absolute Gasteiger partial charge is 0.354 e. The molecule has 132 valence electrons. The molecule has 1 aliphatic heterocycles. The molecule has 26 heavy (non-hydrogen) atoms. The highest BCUT2D eigenvalue weighted by Crippen LogP contribution is 2.32. The molecule has 1 aliphatic rings. The summed E-state index contributed by atoms with van der Waals surface area (Å²) in [6.07, 6.45) is 4.31. The number of fused-ring (bicyclic) bond motifs is 3. The van der Waals surface area contributed by atoms with E-state index in [-0.39, 0.29) is 18.4 Å². The highest BCUT2D eigenvalue weighted by atomic mass is 16.2. The molecule has 3 aromatic heterocycles. The van der Waals surface area contributed by atoms with Gasteiger partial charge in [-0.25, -0.2) is 15.0 Å². The maximum absolute atomic E-state index is 12.0. The van der Waals surface area contributed by atoms with E-state index in [1.807, 2.05) is 19.1 Å². The molecule has 0 saturated carbocycles. The van der Waals surface area contributed by atoms with Crippen molar-refractivity contribution >= 4 is 33.7 Å². The second kappa shape index (κ2) is 6.26. The van der Waals surface area contributed by atoms with Crippen molar-refractivity contribution in [1.29, 1.82) is 5.26 Å². The van der Waals surface area contributed by atoms with Gasteiger partial charge in [-0.3, -0.25) is 4.79 Å². The molecule has 0 aliphatic carbocycles. The molecule has 1 atom stereocenters. The molecule has 0 spiro atoms. The van der Waals surface area contributed by atoms with Crippen molar-refractivity contribution in [1.82, 2.24) is 24.8 Å². The zero-order chi connectivity index (χ0) is 18.3. The van der Waals surface area contributed by atoms with Gasteiger partial charge in [-0.1, -0.05) is 0 Å². The Bertz CT molecular complexity index is 1040. The van der Waals surface area contributed by atoms with Crippen LogP contribution in [0.2, 0.25) is 0 Å². The van der Waals surface area contributed by atoms with E-state index in [1.54, 1.807) is 24.3 Å². The quantitative estimate of drug-likeness (QED) is 0.773. The van der Waals surface area contributed by atoms with Crippen LogP contribution in [0.3, 0.4) is 0 Å². The number of aromatic amines is 1. The first-order chi connectivity index (χ1) is 12.6. The fraction of sp³-hybridized carbons (Fsp3) is 0.389. The van der Waals surface area contributed by atoms with Crippen molar-refractivity contribution in [2.24, 2.45) is 0 Å². The topological polar surface area (TPSA) is 102 Å². The number of amides is 1. The first-order valence-corrected chi connectivity index (χ1v) is 8.56. The zero-order valence-corrected chi connectivity index (χ0v) is 14.7. The van der Waals surface area contributed by atoms with Crippen molar-refractivity contribution in [2.45, 2.75) is 25.8 Å². The monoisotopic (exact) mass is 349 g/mol. The fourth-order valence-electron chi connectivity index (χ4n) is 3.61. The van der Waals surface area contributed by atoms with E-state index in [0.717, 1.165) is 40.9 Å². The van der Waals surface area contributed by atoms with Crippen LogP contribution in [0.25, 0.3) is 21.9 Å². The molecule has 8 nitrogen and oxygen atoms in total. The average Bonchev–Trinajstić information content (AvgIpc) is 3.29. The smallest absolute Gasteiger partial charge is 0.236 e. The molecule has 1 unspecified atom stereocenters. The van der Waals surface area contributed by atoms with Gasteiger partial charge in [-0.2, -0.15) is 5.26 Å². The summed E-state index contributed by atoms with van der Waals surface area (Å²) in [7, 11) is 1.77. The number of aromatic nitrogens is 4. The number of rotatable bonds is 3. The molecule has 4 rings (SSSR count). The van der Waals surface area contributed by atoms with Gasteiger partial charge in [-0.15, -0.1) is 0 Å². The fourth-order valence-corrected chi connectivity index (χ4v) is 3.61. The number of hydrogen-bond donors (Lipinski definition) is 1. The summed E-state index contributed by atoms with van der Waals surface area (Å²) in [6, 6.07) is 3.96. The van der Waals surface area contributed by atoms with Gasteiger partial charge in [0.05, 0.1) is 29.2 Å². The maximum Gasteiger partial charge on any atom is 0.236 e. The van der Waals surface area contributed by atoms with E-state index in [1.165, 1.54) is 0 Å². The third-order valence-corrected chi connectivity index (χ3v) is 4.98. The summed E-state index contributed by atoms with van der Waals surface area (Å²) >= 11 is 0. The van der Waals surface area contributed by atoms with Crippen molar-refractivity contribution < 1.29 is 4.79 Å². The van der Waals surface area contributed by atoms with Crippen molar-refractivity contribution in [3.05, 3.63) is 24.3 Å². The van der Waals surface area contributed by atoms with Crippen LogP contribution < -0.4 is 4.90 Å². The number of nitriles is 1. The van der Waals surface area contributed by atoms with E-state index in [4.69, 9.17) is 10.2 Å². The number of pyridine rings is 1. The van der Waals surface area contributed by atoms with Gasteiger partial charge in [0.15, 0.2) is 5.65 Å². The number of carbonyl (C=O) groups excluding carboxylic acids is 1. The Balaban J connectivity index is 1.72. The van der Waals surface area contributed by atoms with E-state index in [2.05, 4.69) is 19.9 Å². The van der Waals surface area contributed by atoms with E-state index in [9.17, 15) is 4.79 Å². The maximum atomic E-state index is 12.0. The normalized spacial score (nSPS) is 17.0. The number of carbonyl (C=O) groups is 1. The molecule has 1 amide bonds. The highest BCUT2D eigenvalue weighted by Gasteiger charge is 2.30. The summed E-state index contributed by atoms with van der Waals surface area (Å²) < 4.78 is 0. The summed E-state index contributed by atoms with van der Waals surface area (Å²) in [6.45, 7) is 3.42. The Morgan fingerprint density at radius 2 is 2.35 bits per heavy atom. The number of nitrogens with zero attached hydrogens (tertiary/aromatic N) is 6. The zero-order valence-electron chi connectivity index (χ0n) is 14.7. The number of anilines is 1. The van der Waals surface area contributed by atoms with Crippen molar-refractivity contribution in [3.63, 3.8) is 0 Å². The minimum atomic E-state index is -0.137. The molecule has 1 saturated heterocycles. The number of aryl methyl sites for hydroxylation is 1. The standard InChI is InChI=1S/C18H19N7O/c1-11-22-14-9-21-17-13(4-7-20-17)16(14)18(23-11)25-8-5-12(10-25)24(2)15(26)3-6-19/h4,7,9,12H,3,5,8,10H2,1-2H3,(H,22,23). The van der Waals surface area contributed by atoms with Crippen LogP contribution in [-0.4, -0.2) is 56.9 Å². The number of likely N-dealkylation sites (N-methyl/N-ethyl adjacent to an activating group) is 1. The number of H-pyrrole nitrogens is 1. The summed E-state index contributed by atoms with van der Waals surface area (Å²) in [5, 5.41) is 10.7. The second-order valence-electron chi connectivity index (χ2n) is 6.60. The molecular weight excluding hydrogens is 330 g/mol. The number of nitrogens with one attached hydrogen (secondary N) is 1. The lowest BCUT2D eigenvalue weighted by molar-refractivity contribution is -0.130. The third kappa shape index (κ3) is 2.62. The number of hydrogen-bond acceptors (Lipinski definition) is 6. The van der Waals surface area contributed by atoms with Gasteiger partial charge in [0, 0.05) is 31.7 Å². The molecule has 1 fully saturated rings. The van der Waals surface area contributed by atoms with Gasteiger partial charge in [0.2, 0.25) is 5.91 Å². The summed E-state index contributed by atoms with van der Waals surface area (Å²) in [4.78, 5) is 32.6. The lowest BCUT2D eigenvalue weighted by Crippen LogP contribution is -2.39. The second-order valence-corrected chi connectivity index (χ2v) is 6.60. The molecule has 0 aromatic carbocycles. The molecule has 3 aromatic rings. The Morgan fingerprint density at radius 1 is 1.50 bits per heavy atom. The first-order valence-electron chi connectivity index (χ1n) is 8.56. The van der Waals surface area contributed by atoms with Crippen LogP contribution in [-0.2, 0) is 4.79 Å². The van der Waals surface area contributed by atoms with Gasteiger partial charge in [0.25, 0.3) is 0 Å². The van der Waals surface area contributed by atoms with E-state index < -0.39 is 0 Å². The van der Waals surface area contributed by atoms with Crippen LogP contribution in [0.15, 0.2) is 18.5 Å². The Morgan fingerprint density at radius 3 is 3.15 bits per heavy atom. The highest BCUT2D eigenvalue weighted by molar-refractivity contribution is 6.09. The minimum Gasteiger partial charge on any atom is -0.354 e. The minimum absolute atomic E-state index is 0.0762. The Labute approximate surface area is 150 Å². The molecule has 0 bridgehead atoms. The molecule has 8 heteroatoms. The first kappa shape index (κ1) is 16.3. The van der Waals surface area contributed by atoms with Gasteiger partial charge >= 0.3 is 0 Å². The lowest BCUT2D eigenvalue weighted by atomic mass is 10.2. The Kier molecular flexibility index (Phi) is 3.92. The van der Waals surface area contributed by atoms with Gasteiger partial charge in [0.1, 0.15) is 18.1 Å². The lowest BCUT2D eigenvalue weighted by Gasteiger charge is -2.25. The molecule has 1 N–H and O–H groups in total. The van der Waals surface area contributed by atoms with Gasteiger partial charge < -0.3 is 14.8 Å². The third-order valence-electron chi connectivity index (χ3n) is 4.98. The predicted molar refractivity (Wildman–Crippen MR) is 97.5 cm³/mol. The van der Waals surface area contributed by atoms with Crippen LogP contribution >= 0.6 is 0 Å². The Hall–Kier alpha value is -3.21. The van der Waals surface area contributed by atoms with Crippen molar-refractivity contribution in [3.8, 4) is 6.07 Å². The van der Waals surface area contributed by atoms with Crippen LogP contribution in [0.4, 0.5) is 5.82 Å². The van der Waals surface area contributed by atoms with E-state index >= 15 is 0 Å². The van der Waals surface area contributed by atoms with Crippen LogP contribution in [0, 0.1) is 18.3 Å².